The van der Waals surface area contributed by atoms with Crippen LogP contribution >= 0.6 is 11.6 Å². The van der Waals surface area contributed by atoms with E-state index in [2.05, 4.69) is 20.0 Å². The summed E-state index contributed by atoms with van der Waals surface area (Å²) in [5.41, 5.74) is 1.06. The van der Waals surface area contributed by atoms with Gasteiger partial charge in [-0.3, -0.25) is 9.88 Å². The third-order valence-corrected chi connectivity index (χ3v) is 3.75. The molecule has 0 N–H and O–H groups in total. The van der Waals surface area contributed by atoms with E-state index in [9.17, 15) is 0 Å². The van der Waals surface area contributed by atoms with Gasteiger partial charge >= 0.3 is 0 Å². The van der Waals surface area contributed by atoms with Crippen LogP contribution in [0.15, 0.2) is 23.0 Å². The zero-order chi connectivity index (χ0) is 14.8. The molecule has 0 aromatic carbocycles. The smallest absolute Gasteiger partial charge is 0.257 e. The molecule has 1 fully saturated rings. The summed E-state index contributed by atoms with van der Waals surface area (Å²) in [6, 6.07) is 1.94. The number of nitrogens with zero attached hydrogens (tertiary/aromatic N) is 4. The Labute approximate surface area is 128 Å². The molecule has 0 amide bonds. The molecule has 7 heteroatoms. The van der Waals surface area contributed by atoms with Gasteiger partial charge in [-0.2, -0.15) is 4.98 Å². The van der Waals surface area contributed by atoms with E-state index < -0.39 is 0 Å². The van der Waals surface area contributed by atoms with Crippen molar-refractivity contribution in [2.45, 2.75) is 32.6 Å². The lowest BCUT2D eigenvalue weighted by Crippen LogP contribution is -2.42. The van der Waals surface area contributed by atoms with E-state index in [0.29, 0.717) is 23.3 Å². The van der Waals surface area contributed by atoms with E-state index in [-0.39, 0.29) is 12.2 Å². The molecule has 2 atom stereocenters. The number of hydrogen-bond acceptors (Lipinski definition) is 6. The van der Waals surface area contributed by atoms with E-state index >= 15 is 0 Å². The van der Waals surface area contributed by atoms with Gasteiger partial charge in [0.2, 0.25) is 0 Å². The van der Waals surface area contributed by atoms with Gasteiger partial charge in [-0.1, -0.05) is 16.8 Å². The molecule has 1 saturated heterocycles. The van der Waals surface area contributed by atoms with Crippen LogP contribution in [-0.4, -0.2) is 39.2 Å². The summed E-state index contributed by atoms with van der Waals surface area (Å²) in [5, 5.41) is 4.51. The maximum atomic E-state index is 6.18. The van der Waals surface area contributed by atoms with Gasteiger partial charge in [0.05, 0.1) is 11.1 Å². The number of hydrogen-bond donors (Lipinski definition) is 0. The molecule has 2 aromatic rings. The Hall–Kier alpha value is -1.50. The van der Waals surface area contributed by atoms with E-state index in [0.717, 1.165) is 18.7 Å². The fourth-order valence-electron chi connectivity index (χ4n) is 2.52. The van der Waals surface area contributed by atoms with Crippen molar-refractivity contribution in [1.29, 1.82) is 0 Å². The molecule has 2 aromatic heterocycles. The van der Waals surface area contributed by atoms with Crippen LogP contribution in [0.3, 0.4) is 0 Å². The molecule has 6 nitrogen and oxygen atoms in total. The first-order chi connectivity index (χ1) is 10.1. The second-order valence-electron chi connectivity index (χ2n) is 5.28. The van der Waals surface area contributed by atoms with Gasteiger partial charge in [0.1, 0.15) is 6.10 Å². The Balaban J connectivity index is 1.73. The Morgan fingerprint density at radius 1 is 1.43 bits per heavy atom. The molecule has 0 saturated carbocycles. The average Bonchev–Trinajstić information content (AvgIpc) is 2.88. The number of morpholine rings is 1. The van der Waals surface area contributed by atoms with Gasteiger partial charge in [0.15, 0.2) is 5.82 Å². The molecule has 0 bridgehead atoms. The molecular weight excluding hydrogens is 292 g/mol. The molecule has 3 heterocycles. The van der Waals surface area contributed by atoms with Crippen LogP contribution in [0.5, 0.6) is 0 Å². The van der Waals surface area contributed by atoms with Gasteiger partial charge in [0, 0.05) is 32.0 Å². The lowest BCUT2D eigenvalue weighted by Gasteiger charge is -2.35. The standard InChI is InChI=1S/C14H17ClN4O2/c1-9-6-19(7-11-3-4-16-5-12(11)15)8-13(20-9)14-17-10(2)18-21-14/h3-5,9,13H,6-8H2,1-2H3/t9-,13-/m1/s1. The minimum atomic E-state index is -0.199. The van der Waals surface area contributed by atoms with Gasteiger partial charge < -0.3 is 9.26 Å². The Bertz CT molecular complexity index is 619. The zero-order valence-electron chi connectivity index (χ0n) is 12.0. The first-order valence-corrected chi connectivity index (χ1v) is 7.26. The molecular formula is C14H17ClN4O2. The van der Waals surface area contributed by atoms with Crippen LogP contribution in [0, 0.1) is 6.92 Å². The molecule has 0 spiro atoms. The zero-order valence-corrected chi connectivity index (χ0v) is 12.7. The summed E-state index contributed by atoms with van der Waals surface area (Å²) in [6.07, 6.45) is 3.32. The number of aryl methyl sites for hydroxylation is 1. The molecule has 3 rings (SSSR count). The Kier molecular flexibility index (Phi) is 4.19. The normalized spacial score (nSPS) is 23.4. The first-order valence-electron chi connectivity index (χ1n) is 6.88. The predicted octanol–water partition coefficient (Wildman–Crippen LogP) is 2.39. The highest BCUT2D eigenvalue weighted by Crippen LogP contribution is 2.26. The van der Waals surface area contributed by atoms with Gasteiger partial charge in [0.25, 0.3) is 5.89 Å². The number of aromatic nitrogens is 3. The van der Waals surface area contributed by atoms with E-state index in [1.54, 1.807) is 19.3 Å². The van der Waals surface area contributed by atoms with Crippen molar-refractivity contribution in [1.82, 2.24) is 20.0 Å². The highest BCUT2D eigenvalue weighted by atomic mass is 35.5. The van der Waals surface area contributed by atoms with Crippen molar-refractivity contribution in [3.05, 3.63) is 40.8 Å². The monoisotopic (exact) mass is 308 g/mol. The second-order valence-corrected chi connectivity index (χ2v) is 5.68. The van der Waals surface area contributed by atoms with Gasteiger partial charge in [-0.25, -0.2) is 0 Å². The summed E-state index contributed by atoms with van der Waals surface area (Å²) < 4.78 is 11.1. The third-order valence-electron chi connectivity index (χ3n) is 3.41. The van der Waals surface area contributed by atoms with Crippen LogP contribution < -0.4 is 0 Å². The predicted molar refractivity (Wildman–Crippen MR) is 76.8 cm³/mol. The fourth-order valence-corrected chi connectivity index (χ4v) is 2.70. The van der Waals surface area contributed by atoms with E-state index in [4.69, 9.17) is 20.9 Å². The summed E-state index contributed by atoms with van der Waals surface area (Å²) >= 11 is 6.18. The Morgan fingerprint density at radius 2 is 2.29 bits per heavy atom. The van der Waals surface area contributed by atoms with Crippen molar-refractivity contribution in [2.75, 3.05) is 13.1 Å². The number of halogens is 1. The van der Waals surface area contributed by atoms with Crippen molar-refractivity contribution in [3.8, 4) is 0 Å². The number of pyridine rings is 1. The molecule has 0 radical (unpaired) electrons. The molecule has 1 aliphatic heterocycles. The maximum absolute atomic E-state index is 6.18. The topological polar surface area (TPSA) is 64.3 Å². The largest absolute Gasteiger partial charge is 0.363 e. The summed E-state index contributed by atoms with van der Waals surface area (Å²) in [7, 11) is 0. The second kappa shape index (κ2) is 6.09. The molecule has 1 aliphatic rings. The summed E-state index contributed by atoms with van der Waals surface area (Å²) in [4.78, 5) is 10.5. The van der Waals surface area contributed by atoms with Crippen molar-refractivity contribution in [3.63, 3.8) is 0 Å². The highest BCUT2D eigenvalue weighted by Gasteiger charge is 2.30. The fraction of sp³-hybridized carbons (Fsp3) is 0.500. The molecule has 0 unspecified atom stereocenters. The van der Waals surface area contributed by atoms with E-state index in [1.807, 2.05) is 13.0 Å². The van der Waals surface area contributed by atoms with Gasteiger partial charge in [-0.05, 0) is 25.5 Å². The first kappa shape index (κ1) is 14.4. The van der Waals surface area contributed by atoms with Crippen molar-refractivity contribution >= 4 is 11.6 Å². The van der Waals surface area contributed by atoms with Crippen LogP contribution in [0.25, 0.3) is 0 Å². The SMILES string of the molecule is Cc1noc([C@H]2CN(Cc3ccncc3Cl)C[C@@H](C)O2)n1. The van der Waals surface area contributed by atoms with Gasteiger partial charge in [-0.15, -0.1) is 0 Å². The van der Waals surface area contributed by atoms with Crippen LogP contribution in [0.4, 0.5) is 0 Å². The van der Waals surface area contributed by atoms with E-state index in [1.165, 1.54) is 0 Å². The molecule has 0 aliphatic carbocycles. The van der Waals surface area contributed by atoms with Crippen LogP contribution in [0.2, 0.25) is 5.02 Å². The Morgan fingerprint density at radius 3 is 3.00 bits per heavy atom. The third kappa shape index (κ3) is 3.40. The average molecular weight is 309 g/mol. The summed E-state index contributed by atoms with van der Waals surface area (Å²) in [5.74, 6) is 1.15. The van der Waals surface area contributed by atoms with Crippen LogP contribution in [0.1, 0.15) is 30.3 Å². The molecule has 112 valence electrons. The number of rotatable bonds is 3. The van der Waals surface area contributed by atoms with Crippen molar-refractivity contribution < 1.29 is 9.26 Å². The van der Waals surface area contributed by atoms with Crippen LogP contribution in [-0.2, 0) is 11.3 Å². The number of ether oxygens (including phenoxy) is 1. The minimum Gasteiger partial charge on any atom is -0.363 e. The van der Waals surface area contributed by atoms with Crippen molar-refractivity contribution in [2.24, 2.45) is 0 Å². The quantitative estimate of drug-likeness (QED) is 0.867. The lowest BCUT2D eigenvalue weighted by molar-refractivity contribution is -0.0930. The highest BCUT2D eigenvalue weighted by molar-refractivity contribution is 6.31. The summed E-state index contributed by atoms with van der Waals surface area (Å²) in [6.45, 7) is 6.12. The minimum absolute atomic E-state index is 0.0940. The maximum Gasteiger partial charge on any atom is 0.257 e. The molecule has 21 heavy (non-hydrogen) atoms. The lowest BCUT2D eigenvalue weighted by atomic mass is 10.1.